The average Bonchev–Trinajstić information content (AvgIpc) is 1.73. The third kappa shape index (κ3) is 27.2. The molecule has 6 heterocycles. The number of allylic oxidation sites excluding steroid dienone is 6. The predicted molar refractivity (Wildman–Crippen MR) is 540 cm³/mol. The summed E-state index contributed by atoms with van der Waals surface area (Å²) in [6.45, 7) is 15.0. The molecule has 0 aliphatic heterocycles. The molecule has 0 unspecified atom stereocenters. The fraction of sp³-hybridized carbons (Fsp3) is 0.105. The number of fused-ring (bicyclic) bond motifs is 6. The Morgan fingerprint density at radius 1 is 0.258 bits per heavy atom. The van der Waals surface area contributed by atoms with Crippen molar-refractivity contribution in [1.29, 1.82) is 0 Å². The molecule has 6 aromatic heterocycles. The predicted octanol–water partition coefficient (Wildman–Crippen LogP) is 29.8. The Hall–Kier alpha value is -15.6. The van der Waals surface area contributed by atoms with E-state index in [4.69, 9.17) is 41.7 Å². The van der Waals surface area contributed by atoms with Gasteiger partial charge in [0.05, 0.1) is 50.8 Å². The van der Waals surface area contributed by atoms with Crippen LogP contribution < -0.4 is 28.4 Å². The molecule has 0 saturated carbocycles. The van der Waals surface area contributed by atoms with Crippen LogP contribution in [0.1, 0.15) is 137 Å². The molecule has 0 saturated heterocycles. The molecule has 18 aromatic rings. The highest BCUT2D eigenvalue weighted by Crippen LogP contribution is 2.31. The molecule has 0 N–H and O–H groups in total. The molecule has 15 nitrogen and oxygen atoms in total. The van der Waals surface area contributed by atoms with Crippen molar-refractivity contribution in [2.24, 2.45) is 0 Å². The first-order valence-corrected chi connectivity index (χ1v) is 45.8. The number of ketones is 6. The van der Waals surface area contributed by atoms with E-state index in [9.17, 15) is 28.8 Å². The van der Waals surface area contributed by atoms with Crippen molar-refractivity contribution in [3.63, 3.8) is 0 Å². The van der Waals surface area contributed by atoms with Crippen LogP contribution in [0.2, 0.25) is 0 Å². The highest BCUT2D eigenvalue weighted by atomic mass is 32.1. The number of carbonyl (C=O) groups excluding carboxylic acids is 6. The Balaban J connectivity index is 0.000000135. The van der Waals surface area contributed by atoms with Gasteiger partial charge in [-0.2, -0.15) is 0 Å². The van der Waals surface area contributed by atoms with Gasteiger partial charge in [0.1, 0.15) is 68.5 Å². The number of hydrogen-bond donors (Lipinski definition) is 0. The molecule has 0 aliphatic carbocycles. The second-order valence-electron chi connectivity index (χ2n) is 29.1. The van der Waals surface area contributed by atoms with Gasteiger partial charge in [-0.25, -0.2) is 0 Å². The number of furan rings is 3. The zero-order valence-corrected chi connectivity index (χ0v) is 76.1. The van der Waals surface area contributed by atoms with Gasteiger partial charge in [0.2, 0.25) is 0 Å². The van der Waals surface area contributed by atoms with Crippen LogP contribution in [0.3, 0.4) is 0 Å². The van der Waals surface area contributed by atoms with Crippen LogP contribution in [-0.2, 0) is 0 Å². The Morgan fingerprint density at radius 2 is 0.598 bits per heavy atom. The van der Waals surface area contributed by atoms with E-state index in [2.05, 4.69) is 65.4 Å². The highest BCUT2D eigenvalue weighted by Gasteiger charge is 2.15. The maximum Gasteiger partial charge on any atom is 0.189 e. The summed E-state index contributed by atoms with van der Waals surface area (Å²) in [5.41, 5.74) is 8.17. The second-order valence-corrected chi connectivity index (χ2v) is 32.1. The molecule has 0 bridgehead atoms. The first-order valence-electron chi connectivity index (χ1n) is 43.2. The van der Waals surface area contributed by atoms with E-state index < -0.39 is 0 Å². The van der Waals surface area contributed by atoms with Crippen molar-refractivity contribution in [2.75, 3.05) is 39.6 Å². The lowest BCUT2D eigenvalue weighted by molar-refractivity contribution is 0.103. The van der Waals surface area contributed by atoms with Gasteiger partial charge in [-0.1, -0.05) is 146 Å². The van der Waals surface area contributed by atoms with E-state index in [0.717, 1.165) is 66.2 Å². The lowest BCUT2D eigenvalue weighted by atomic mass is 10.1. The summed E-state index contributed by atoms with van der Waals surface area (Å²) in [4.78, 5) is 74.5. The molecule has 12 aromatic carbocycles. The quantitative estimate of drug-likeness (QED) is 0.0304. The third-order valence-electron chi connectivity index (χ3n) is 19.8. The summed E-state index contributed by atoms with van der Waals surface area (Å²) in [5, 5.41) is 10.8. The van der Waals surface area contributed by atoms with Crippen LogP contribution in [-0.4, -0.2) is 74.3 Å². The van der Waals surface area contributed by atoms with E-state index in [-0.39, 0.29) is 34.7 Å². The van der Waals surface area contributed by atoms with E-state index >= 15 is 0 Å². The van der Waals surface area contributed by atoms with Crippen molar-refractivity contribution in [3.8, 4) is 34.5 Å². The Labute approximate surface area is 778 Å². The summed E-state index contributed by atoms with van der Waals surface area (Å²) >= 11 is 5.12. The molecule has 18 heteroatoms. The molecule has 0 aliphatic rings. The zero-order chi connectivity index (χ0) is 92.2. The lowest BCUT2D eigenvalue weighted by Crippen LogP contribution is -2.01. The fourth-order valence-electron chi connectivity index (χ4n) is 13.5. The summed E-state index contributed by atoms with van der Waals surface area (Å²) in [6, 6.07) is 99.2. The number of thiophene rings is 3. The van der Waals surface area contributed by atoms with E-state index in [1.165, 1.54) is 48.5 Å². The number of benzene rings is 12. The summed E-state index contributed by atoms with van der Waals surface area (Å²) in [5.74, 6) is 5.87. The van der Waals surface area contributed by atoms with E-state index in [1.54, 1.807) is 149 Å². The first kappa shape index (κ1) is 94.0. The molecular formula is C114H96O15S3. The lowest BCUT2D eigenvalue weighted by Gasteiger charge is -2.06. The van der Waals surface area contributed by atoms with E-state index in [1.807, 2.05) is 242 Å². The first-order chi connectivity index (χ1) is 64.6. The van der Waals surface area contributed by atoms with Crippen LogP contribution in [0.4, 0.5) is 0 Å². The number of carbonyl (C=O) groups is 6. The van der Waals surface area contributed by atoms with Gasteiger partial charge in [0.15, 0.2) is 34.7 Å². The smallest absolute Gasteiger partial charge is 0.189 e. The zero-order valence-electron chi connectivity index (χ0n) is 73.7. The van der Waals surface area contributed by atoms with Crippen LogP contribution in [0, 0.1) is 0 Å². The van der Waals surface area contributed by atoms with E-state index in [0.29, 0.717) is 108 Å². The number of para-hydroxylation sites is 5. The normalized spacial score (nSPS) is 11.1. The van der Waals surface area contributed by atoms with Crippen LogP contribution in [0.15, 0.2) is 376 Å². The molecular weight excluding hydrogens is 1710 g/mol. The number of hydrogen-bond acceptors (Lipinski definition) is 18. The fourth-order valence-corrected chi connectivity index (χ4v) is 16.0. The van der Waals surface area contributed by atoms with Gasteiger partial charge in [-0.15, -0.1) is 34.0 Å². The highest BCUT2D eigenvalue weighted by molar-refractivity contribution is 7.20. The van der Waals surface area contributed by atoms with Crippen molar-refractivity contribution in [3.05, 3.63) is 429 Å². The van der Waals surface area contributed by atoms with Gasteiger partial charge in [-0.05, 0) is 322 Å². The summed E-state index contributed by atoms with van der Waals surface area (Å²) in [6.07, 6.45) is 20.0. The SMILES string of the molecule is CCOc1ccc(C(=O)/C=C/c2cc3ccccc3o2)cc1.CCOc1ccc(C(=O)/C=C/c2ccc3sccc3c2)cc1.CCOc1cccc(C(=O)/C=C/c2cc3ccccc3o2)c1.CCOc1cccc(C(=O)/C=C/c2ccc3sccc3c2)c1.CCOc1ccccc1C(=O)/C=C/c1cc2ccccc2o1.CCOc1ccccc1C(=O)/C=C/c1cc2ccccc2s1. The van der Waals surface area contributed by atoms with Crippen molar-refractivity contribution < 1.29 is 70.4 Å². The standard InChI is InChI=1S/3C19H16O3.3C19H16O2S/c1-2-21-19-10-6-4-8-16(19)17(20)12-11-15-13-14-7-3-5-9-18(14)22-15;1-2-21-16-8-5-7-14(12-16)18(20)11-10-17-13-15-6-3-4-9-19(15)22-17;1-2-21-16-9-7-14(8-10-16)18(20)12-11-17-13-15-5-3-4-6-19(15)22-17;1-2-21-17-7-5-15(6-8-17)18(20)9-3-14-4-10-19-16(13-14)11-12-22-19;1-2-21-18-9-5-4-8-16(18)17(20)12-11-15-13-14-7-3-6-10-19(14)22-15;1-2-21-17-5-3-4-15(13-17)18(20)8-6-14-7-9-19-16(12-14)10-11-22-19/h6*3-13H,2H2,1H3/b12-11+;11-10+;12-11+;9-3+;12-11+;8-6+. The van der Waals surface area contributed by atoms with Crippen LogP contribution >= 0.6 is 34.0 Å². The number of ether oxygens (including phenoxy) is 6. The van der Waals surface area contributed by atoms with Gasteiger partial charge >= 0.3 is 0 Å². The molecule has 0 amide bonds. The van der Waals surface area contributed by atoms with Crippen LogP contribution in [0.25, 0.3) is 99.6 Å². The molecule has 0 fully saturated rings. The maximum atomic E-state index is 12.4. The average molecular weight is 1800 g/mol. The molecule has 660 valence electrons. The van der Waals surface area contributed by atoms with Crippen molar-refractivity contribution in [1.82, 2.24) is 0 Å². The largest absolute Gasteiger partial charge is 0.494 e. The van der Waals surface area contributed by atoms with Crippen LogP contribution in [0.5, 0.6) is 34.5 Å². The Morgan fingerprint density at radius 3 is 1.00 bits per heavy atom. The Kier molecular flexibility index (Phi) is 34.6. The van der Waals surface area contributed by atoms with Gasteiger partial charge in [0.25, 0.3) is 0 Å². The number of rotatable bonds is 30. The minimum absolute atomic E-state index is 0.00605. The van der Waals surface area contributed by atoms with Gasteiger partial charge in [-0.3, -0.25) is 28.8 Å². The third-order valence-corrected chi connectivity index (χ3v) is 22.7. The Bertz CT molecular complexity index is 6720. The maximum absolute atomic E-state index is 12.4. The molecule has 0 spiro atoms. The summed E-state index contributed by atoms with van der Waals surface area (Å²) < 4.78 is 53.3. The van der Waals surface area contributed by atoms with Crippen molar-refractivity contribution in [2.45, 2.75) is 41.5 Å². The minimum Gasteiger partial charge on any atom is -0.494 e. The summed E-state index contributed by atoms with van der Waals surface area (Å²) in [7, 11) is 0. The monoisotopic (exact) mass is 1800 g/mol. The van der Waals surface area contributed by atoms with Crippen molar-refractivity contribution >= 4 is 168 Å². The topological polar surface area (TPSA) is 197 Å². The molecule has 0 radical (unpaired) electrons. The molecule has 0 atom stereocenters. The second kappa shape index (κ2) is 48.5. The minimum atomic E-state index is -0.107. The van der Waals surface area contributed by atoms with Gasteiger partial charge in [0, 0.05) is 57.4 Å². The van der Waals surface area contributed by atoms with Gasteiger partial charge < -0.3 is 41.7 Å². The molecule has 132 heavy (non-hydrogen) atoms. The molecule has 18 rings (SSSR count).